The summed E-state index contributed by atoms with van der Waals surface area (Å²) in [4.78, 5) is 9.26. The van der Waals surface area contributed by atoms with Crippen molar-refractivity contribution in [1.29, 1.82) is 0 Å². The van der Waals surface area contributed by atoms with Crippen molar-refractivity contribution in [1.82, 2.24) is 10.6 Å². The maximum atomic E-state index is 4.63. The van der Waals surface area contributed by atoms with Crippen molar-refractivity contribution in [2.45, 2.75) is 64.5 Å². The highest BCUT2D eigenvalue weighted by Crippen LogP contribution is 2.19. The minimum absolute atomic E-state index is 0. The Labute approximate surface area is 146 Å². The van der Waals surface area contributed by atoms with Gasteiger partial charge < -0.3 is 10.6 Å². The van der Waals surface area contributed by atoms with Crippen LogP contribution in [0.3, 0.4) is 0 Å². The van der Waals surface area contributed by atoms with Gasteiger partial charge in [0.1, 0.15) is 22.7 Å². The van der Waals surface area contributed by atoms with Crippen LogP contribution in [0.4, 0.5) is 0 Å². The Balaban J connectivity index is 0.00000264. The Morgan fingerprint density at radius 3 is 1.52 bits per heavy atom. The van der Waals surface area contributed by atoms with Gasteiger partial charge in [-0.25, -0.2) is 0 Å². The Hall–Kier alpha value is -1.17. The maximum absolute atomic E-state index is 4.63. The van der Waals surface area contributed by atoms with Crippen LogP contribution in [0.15, 0.2) is 20.2 Å². The average Bonchev–Trinajstić information content (AvgIpc) is 2.90. The van der Waals surface area contributed by atoms with E-state index >= 15 is 0 Å². The smallest absolute Gasteiger partial charge is 0.133 e. The lowest BCUT2D eigenvalue weighted by Gasteiger charge is -2.26. The largest absolute Gasteiger partial charge is 0.372 e. The van der Waals surface area contributed by atoms with E-state index in [1.165, 1.54) is 0 Å². The van der Waals surface area contributed by atoms with E-state index in [-0.39, 0.29) is 12.4 Å². The van der Waals surface area contributed by atoms with E-state index in [0.29, 0.717) is 0 Å². The highest BCUT2D eigenvalue weighted by atomic mass is 35.5. The van der Waals surface area contributed by atoms with Crippen molar-refractivity contribution in [2.75, 3.05) is 26.2 Å². The zero-order chi connectivity index (χ0) is 16.1. The van der Waals surface area contributed by atoms with Gasteiger partial charge in [0, 0.05) is 26.2 Å². The number of amidine groups is 2. The molecule has 0 spiro atoms. The molecule has 132 valence electrons. The topological polar surface area (TPSA) is 73.5 Å². The number of nitrogens with zero attached hydrogens (tertiary/aromatic N) is 4. The van der Waals surface area contributed by atoms with Gasteiger partial charge in [-0.2, -0.15) is 10.2 Å². The summed E-state index contributed by atoms with van der Waals surface area (Å²) in [6.07, 6.45) is 4.59. The molecule has 0 aromatic carbocycles. The molecule has 2 N–H and O–H groups in total. The number of hydrogen-bond acceptors (Lipinski definition) is 6. The van der Waals surface area contributed by atoms with Crippen LogP contribution in [0.2, 0.25) is 0 Å². The van der Waals surface area contributed by atoms with Crippen LogP contribution in [0.5, 0.6) is 0 Å². The molecule has 0 bridgehead atoms. The predicted molar refractivity (Wildman–Crippen MR) is 99.3 cm³/mol. The van der Waals surface area contributed by atoms with Crippen molar-refractivity contribution in [3.05, 3.63) is 0 Å². The first-order valence-electron chi connectivity index (χ1n) is 8.43. The molecular formula is C16H31ClN6. The monoisotopic (exact) mass is 342 g/mol. The molecule has 0 aromatic heterocycles. The van der Waals surface area contributed by atoms with Crippen molar-refractivity contribution < 1.29 is 0 Å². The summed E-state index contributed by atoms with van der Waals surface area (Å²) in [6, 6.07) is 0. The summed E-state index contributed by atoms with van der Waals surface area (Å²) in [5.74, 6) is 1.89. The number of aliphatic imine (C=N–C) groups is 2. The minimum Gasteiger partial charge on any atom is -0.372 e. The Morgan fingerprint density at radius 2 is 1.13 bits per heavy atom. The van der Waals surface area contributed by atoms with E-state index < -0.39 is 11.1 Å². The number of hydrogen-bond donors (Lipinski definition) is 2. The van der Waals surface area contributed by atoms with E-state index in [2.05, 4.69) is 58.5 Å². The number of nitrogens with one attached hydrogen (secondary N) is 2. The lowest BCUT2D eigenvalue weighted by molar-refractivity contribution is 0.545. The van der Waals surface area contributed by atoms with Gasteiger partial charge in [0.15, 0.2) is 0 Å². The van der Waals surface area contributed by atoms with Gasteiger partial charge >= 0.3 is 0 Å². The number of azo groups is 1. The first-order chi connectivity index (χ1) is 10.4. The lowest BCUT2D eigenvalue weighted by Crippen LogP contribution is -2.43. The van der Waals surface area contributed by atoms with E-state index in [1.807, 2.05) is 0 Å². The highest BCUT2D eigenvalue weighted by Gasteiger charge is 2.30. The van der Waals surface area contributed by atoms with Crippen LogP contribution in [0.25, 0.3) is 0 Å². The van der Waals surface area contributed by atoms with Gasteiger partial charge in [-0.3, -0.25) is 9.98 Å². The summed E-state index contributed by atoms with van der Waals surface area (Å²) < 4.78 is 0. The normalized spacial score (nSPS) is 20.3. The molecule has 2 aliphatic rings. The molecular weight excluding hydrogens is 312 g/mol. The van der Waals surface area contributed by atoms with Crippen molar-refractivity contribution in [2.24, 2.45) is 20.2 Å². The fraction of sp³-hybridized carbons (Fsp3) is 0.875. The van der Waals surface area contributed by atoms with Gasteiger partial charge in [-0.15, -0.1) is 12.4 Å². The summed E-state index contributed by atoms with van der Waals surface area (Å²) in [5, 5.41) is 16.0. The van der Waals surface area contributed by atoms with Gasteiger partial charge in [-0.1, -0.05) is 0 Å². The van der Waals surface area contributed by atoms with Gasteiger partial charge in [0.25, 0.3) is 0 Å². The Morgan fingerprint density at radius 1 is 0.739 bits per heavy atom. The quantitative estimate of drug-likeness (QED) is 0.771. The maximum Gasteiger partial charge on any atom is 0.133 e. The second-order valence-electron chi connectivity index (χ2n) is 7.05. The third-order valence-corrected chi connectivity index (χ3v) is 4.00. The van der Waals surface area contributed by atoms with Crippen molar-refractivity contribution in [3.8, 4) is 0 Å². The Kier molecular flexibility index (Phi) is 7.45. The third kappa shape index (κ3) is 5.75. The predicted octanol–water partition coefficient (Wildman–Crippen LogP) is 2.98. The van der Waals surface area contributed by atoms with E-state index in [9.17, 15) is 0 Å². The SMILES string of the molecule is CC(C)(N=NC(C)(C)C1=NCCCCN1)C1=NCCCCN1.Cl. The molecule has 0 saturated heterocycles. The molecule has 0 aromatic rings. The molecule has 6 nitrogen and oxygen atoms in total. The molecule has 2 heterocycles. The molecule has 0 radical (unpaired) electrons. The second-order valence-corrected chi connectivity index (χ2v) is 7.05. The number of rotatable bonds is 4. The molecule has 2 aliphatic heterocycles. The van der Waals surface area contributed by atoms with Crippen molar-refractivity contribution >= 4 is 24.1 Å². The van der Waals surface area contributed by atoms with Gasteiger partial charge in [-0.05, 0) is 53.4 Å². The van der Waals surface area contributed by atoms with Crippen LogP contribution >= 0.6 is 12.4 Å². The van der Waals surface area contributed by atoms with Gasteiger partial charge in [0.05, 0.1) is 0 Å². The molecule has 0 fully saturated rings. The Bertz CT molecular complexity index is 425. The molecule has 0 saturated carbocycles. The van der Waals surface area contributed by atoms with Crippen LogP contribution in [-0.4, -0.2) is 48.9 Å². The van der Waals surface area contributed by atoms with Crippen LogP contribution in [-0.2, 0) is 0 Å². The minimum atomic E-state index is -0.424. The molecule has 0 amide bonds. The molecule has 2 rings (SSSR count). The number of halogens is 1. The molecule has 0 unspecified atom stereocenters. The highest BCUT2D eigenvalue weighted by molar-refractivity contribution is 5.92. The van der Waals surface area contributed by atoms with E-state index in [1.54, 1.807) is 0 Å². The average molecular weight is 343 g/mol. The fourth-order valence-electron chi connectivity index (χ4n) is 2.54. The molecule has 7 heteroatoms. The fourth-order valence-corrected chi connectivity index (χ4v) is 2.54. The summed E-state index contributed by atoms with van der Waals surface area (Å²) in [5.41, 5.74) is -0.847. The van der Waals surface area contributed by atoms with Gasteiger partial charge in [0.2, 0.25) is 0 Å². The molecule has 23 heavy (non-hydrogen) atoms. The summed E-state index contributed by atoms with van der Waals surface area (Å²) in [7, 11) is 0. The zero-order valence-corrected chi connectivity index (χ0v) is 15.7. The van der Waals surface area contributed by atoms with Crippen LogP contribution in [0.1, 0.15) is 53.4 Å². The first-order valence-corrected chi connectivity index (χ1v) is 8.43. The lowest BCUT2D eigenvalue weighted by atomic mass is 10.0. The van der Waals surface area contributed by atoms with E-state index in [0.717, 1.165) is 63.5 Å². The van der Waals surface area contributed by atoms with Crippen LogP contribution < -0.4 is 10.6 Å². The molecule has 0 atom stereocenters. The molecule has 0 aliphatic carbocycles. The van der Waals surface area contributed by atoms with Crippen LogP contribution in [0, 0.1) is 0 Å². The third-order valence-electron chi connectivity index (χ3n) is 4.00. The standard InChI is InChI=1S/C16H30N6.ClH/c1-15(2,13-17-9-5-6-10-18-13)21-22-16(3,4)14-19-11-7-8-12-20-14;/h5-12H2,1-4H3,(H,17,18)(H,19,20);1H. The summed E-state index contributed by atoms with van der Waals surface area (Å²) in [6.45, 7) is 11.9. The summed E-state index contributed by atoms with van der Waals surface area (Å²) >= 11 is 0. The second kappa shape index (κ2) is 8.62. The van der Waals surface area contributed by atoms with Crippen molar-refractivity contribution in [3.63, 3.8) is 0 Å². The zero-order valence-electron chi connectivity index (χ0n) is 14.9. The first kappa shape index (κ1) is 19.9. The van der Waals surface area contributed by atoms with E-state index in [4.69, 9.17) is 0 Å².